The van der Waals surface area contributed by atoms with Crippen LogP contribution in [0.25, 0.3) is 0 Å². The van der Waals surface area contributed by atoms with Crippen molar-refractivity contribution in [2.45, 2.75) is 33.2 Å². The molecule has 2 atom stereocenters. The van der Waals surface area contributed by atoms with Crippen molar-refractivity contribution >= 4 is 11.9 Å². The van der Waals surface area contributed by atoms with Crippen molar-refractivity contribution in [2.24, 2.45) is 17.3 Å². The van der Waals surface area contributed by atoms with E-state index in [4.69, 9.17) is 4.52 Å². The number of nitrogens with zero attached hydrogens (tertiary/aromatic N) is 3. The number of aromatic nitrogens is 1. The molecule has 0 spiro atoms. The van der Waals surface area contributed by atoms with Crippen molar-refractivity contribution in [3.63, 3.8) is 0 Å². The van der Waals surface area contributed by atoms with Crippen molar-refractivity contribution in [3.05, 3.63) is 17.0 Å². The van der Waals surface area contributed by atoms with Gasteiger partial charge in [0.2, 0.25) is 5.91 Å². The smallest absolute Gasteiger partial charge is 0.313 e. The van der Waals surface area contributed by atoms with Crippen molar-refractivity contribution < 1.29 is 19.2 Å². The van der Waals surface area contributed by atoms with E-state index in [-0.39, 0.29) is 5.91 Å². The molecule has 3 heterocycles. The maximum Gasteiger partial charge on any atom is 0.313 e. The van der Waals surface area contributed by atoms with Gasteiger partial charge in [-0.05, 0) is 32.6 Å². The van der Waals surface area contributed by atoms with Gasteiger partial charge < -0.3 is 14.5 Å². The Morgan fingerprint density at radius 3 is 2.67 bits per heavy atom. The molecule has 0 radical (unpaired) electrons. The highest BCUT2D eigenvalue weighted by Gasteiger charge is 2.62. The van der Waals surface area contributed by atoms with Gasteiger partial charge in [0.1, 0.15) is 11.2 Å². The molecule has 1 aromatic heterocycles. The molecule has 130 valence electrons. The van der Waals surface area contributed by atoms with Crippen molar-refractivity contribution in [1.29, 1.82) is 0 Å². The number of amides is 1. The predicted molar refractivity (Wildman–Crippen MR) is 84.1 cm³/mol. The minimum Gasteiger partial charge on any atom is -0.481 e. The highest BCUT2D eigenvalue weighted by Crippen LogP contribution is 2.45. The van der Waals surface area contributed by atoms with Crippen LogP contribution in [-0.4, -0.2) is 58.1 Å². The monoisotopic (exact) mass is 333 g/mol. The molecular weight excluding hydrogens is 310 g/mol. The maximum atomic E-state index is 12.7. The second kappa shape index (κ2) is 5.31. The fourth-order valence-electron chi connectivity index (χ4n) is 4.24. The van der Waals surface area contributed by atoms with Crippen LogP contribution >= 0.6 is 0 Å². The number of rotatable bonds is 5. The van der Waals surface area contributed by atoms with Crippen LogP contribution < -0.4 is 0 Å². The summed E-state index contributed by atoms with van der Waals surface area (Å²) in [6.45, 7) is 6.32. The van der Waals surface area contributed by atoms with E-state index in [0.29, 0.717) is 32.1 Å². The molecule has 3 fully saturated rings. The summed E-state index contributed by atoms with van der Waals surface area (Å²) in [7, 11) is 0. The van der Waals surface area contributed by atoms with Gasteiger partial charge >= 0.3 is 5.97 Å². The zero-order valence-electron chi connectivity index (χ0n) is 14.1. The number of carboxylic acids is 1. The minimum absolute atomic E-state index is 0.0190. The molecule has 2 saturated heterocycles. The van der Waals surface area contributed by atoms with E-state index in [0.717, 1.165) is 36.4 Å². The average molecular weight is 333 g/mol. The van der Waals surface area contributed by atoms with Gasteiger partial charge in [-0.1, -0.05) is 5.16 Å². The second-order valence-corrected chi connectivity index (χ2v) is 7.65. The van der Waals surface area contributed by atoms with Gasteiger partial charge in [-0.15, -0.1) is 0 Å². The van der Waals surface area contributed by atoms with Crippen molar-refractivity contribution in [1.82, 2.24) is 15.0 Å². The molecule has 4 rings (SSSR count). The average Bonchev–Trinajstić information content (AvgIpc) is 3.12. The Morgan fingerprint density at radius 1 is 1.38 bits per heavy atom. The molecule has 1 N–H and O–H groups in total. The minimum atomic E-state index is -0.967. The second-order valence-electron chi connectivity index (χ2n) is 7.65. The SMILES string of the molecule is Cc1noc(C)c1CN1C[C@H]2C(=O)N(CC3CC3)C[C@@]2(C(=O)O)C1. The first-order chi connectivity index (χ1) is 11.4. The summed E-state index contributed by atoms with van der Waals surface area (Å²) in [5.74, 6) is 0.0767. The molecule has 7 nitrogen and oxygen atoms in total. The lowest BCUT2D eigenvalue weighted by molar-refractivity contribution is -0.149. The van der Waals surface area contributed by atoms with E-state index in [1.807, 2.05) is 13.8 Å². The lowest BCUT2D eigenvalue weighted by atomic mass is 9.81. The number of hydrogen-bond donors (Lipinski definition) is 1. The van der Waals surface area contributed by atoms with Crippen LogP contribution in [0.3, 0.4) is 0 Å². The molecule has 0 unspecified atom stereocenters. The Kier molecular flexibility index (Phi) is 3.46. The third kappa shape index (κ3) is 2.33. The maximum absolute atomic E-state index is 12.7. The normalized spacial score (nSPS) is 30.2. The summed E-state index contributed by atoms with van der Waals surface area (Å²) < 4.78 is 5.19. The van der Waals surface area contributed by atoms with E-state index in [9.17, 15) is 14.7 Å². The molecule has 0 bridgehead atoms. The number of fused-ring (bicyclic) bond motifs is 1. The Balaban J connectivity index is 1.54. The summed E-state index contributed by atoms with van der Waals surface area (Å²) in [6.07, 6.45) is 2.32. The first-order valence-corrected chi connectivity index (χ1v) is 8.57. The Hall–Kier alpha value is -1.89. The van der Waals surface area contributed by atoms with Gasteiger partial charge in [-0.2, -0.15) is 0 Å². The van der Waals surface area contributed by atoms with Crippen LogP contribution in [0.5, 0.6) is 0 Å². The highest BCUT2D eigenvalue weighted by molar-refractivity contribution is 5.92. The topological polar surface area (TPSA) is 86.9 Å². The van der Waals surface area contributed by atoms with Crippen molar-refractivity contribution in [3.8, 4) is 0 Å². The van der Waals surface area contributed by atoms with Gasteiger partial charge in [-0.25, -0.2) is 0 Å². The summed E-state index contributed by atoms with van der Waals surface area (Å²) >= 11 is 0. The van der Waals surface area contributed by atoms with Gasteiger partial charge in [0.05, 0.1) is 11.6 Å². The summed E-state index contributed by atoms with van der Waals surface area (Å²) in [5.41, 5.74) is 0.860. The number of carbonyl (C=O) groups excluding carboxylic acids is 1. The molecule has 24 heavy (non-hydrogen) atoms. The summed E-state index contributed by atoms with van der Waals surface area (Å²) in [4.78, 5) is 28.7. The van der Waals surface area contributed by atoms with Gasteiger partial charge in [-0.3, -0.25) is 14.5 Å². The van der Waals surface area contributed by atoms with Crippen LogP contribution in [0.1, 0.15) is 29.9 Å². The molecule has 0 aromatic carbocycles. The quantitative estimate of drug-likeness (QED) is 0.866. The van der Waals surface area contributed by atoms with Gasteiger partial charge in [0.15, 0.2) is 0 Å². The number of aliphatic carboxylic acids is 1. The molecule has 7 heteroatoms. The van der Waals surface area contributed by atoms with Crippen LogP contribution in [0.15, 0.2) is 4.52 Å². The Bertz CT molecular complexity index is 677. The lowest BCUT2D eigenvalue weighted by Crippen LogP contribution is -2.41. The van der Waals surface area contributed by atoms with Crippen LogP contribution in [0.2, 0.25) is 0 Å². The molecule has 3 aliphatic rings. The standard InChI is InChI=1S/C17H23N3O4/c1-10-13(11(2)24-18-10)6-19-7-14-15(21)20(5-12-3-4-12)9-17(14,8-19)16(22)23/h12,14H,3-9H2,1-2H3,(H,22,23)/t14-,17-/m0/s1. The summed E-state index contributed by atoms with van der Waals surface area (Å²) in [5, 5.41) is 13.8. The zero-order valence-corrected chi connectivity index (χ0v) is 14.1. The number of hydrogen-bond acceptors (Lipinski definition) is 5. The largest absolute Gasteiger partial charge is 0.481 e. The fraction of sp³-hybridized carbons (Fsp3) is 0.706. The Labute approximate surface area is 140 Å². The van der Waals surface area contributed by atoms with Crippen LogP contribution in [0, 0.1) is 31.1 Å². The van der Waals surface area contributed by atoms with Crippen LogP contribution in [0.4, 0.5) is 0 Å². The van der Waals surface area contributed by atoms with Gasteiger partial charge in [0, 0.05) is 38.3 Å². The number of likely N-dealkylation sites (tertiary alicyclic amines) is 2. The first-order valence-electron chi connectivity index (χ1n) is 8.57. The molecule has 1 saturated carbocycles. The third-order valence-electron chi connectivity index (χ3n) is 5.86. The number of carboxylic acid groups (broad SMARTS) is 1. The van der Waals surface area contributed by atoms with E-state index >= 15 is 0 Å². The van der Waals surface area contributed by atoms with Crippen LogP contribution in [-0.2, 0) is 16.1 Å². The lowest BCUT2D eigenvalue weighted by Gasteiger charge is -2.25. The zero-order chi connectivity index (χ0) is 17.1. The van der Waals surface area contributed by atoms with Crippen molar-refractivity contribution in [2.75, 3.05) is 26.2 Å². The molecule has 2 aliphatic heterocycles. The first kappa shape index (κ1) is 15.6. The van der Waals surface area contributed by atoms with E-state index < -0.39 is 17.3 Å². The van der Waals surface area contributed by atoms with E-state index in [1.165, 1.54) is 0 Å². The molecule has 1 amide bonds. The number of carbonyl (C=O) groups is 2. The Morgan fingerprint density at radius 2 is 2.12 bits per heavy atom. The summed E-state index contributed by atoms with van der Waals surface area (Å²) in [6, 6.07) is 0. The third-order valence-corrected chi connectivity index (χ3v) is 5.86. The highest BCUT2D eigenvalue weighted by atomic mass is 16.5. The predicted octanol–water partition coefficient (Wildman–Crippen LogP) is 1.05. The van der Waals surface area contributed by atoms with E-state index in [2.05, 4.69) is 10.1 Å². The number of aryl methyl sites for hydroxylation is 2. The molecule has 1 aliphatic carbocycles. The molecular formula is C17H23N3O4. The fourth-order valence-corrected chi connectivity index (χ4v) is 4.24. The van der Waals surface area contributed by atoms with E-state index in [1.54, 1.807) is 4.90 Å². The van der Waals surface area contributed by atoms with Gasteiger partial charge in [0.25, 0.3) is 0 Å². The molecule has 1 aromatic rings.